The second-order valence-electron chi connectivity index (χ2n) is 5.09. The van der Waals surface area contributed by atoms with Crippen molar-refractivity contribution >= 4 is 22.4 Å². The minimum atomic E-state index is -3.89. The highest BCUT2D eigenvalue weighted by molar-refractivity contribution is 7.89. The summed E-state index contributed by atoms with van der Waals surface area (Å²) >= 11 is 0. The molecule has 0 spiro atoms. The highest BCUT2D eigenvalue weighted by Crippen LogP contribution is 2.30. The van der Waals surface area contributed by atoms with Gasteiger partial charge in [-0.2, -0.15) is 13.1 Å². The zero-order valence-electron chi connectivity index (χ0n) is 12.7. The molecule has 132 valence electrons. The molecule has 1 fully saturated rings. The summed E-state index contributed by atoms with van der Waals surface area (Å²) in [6, 6.07) is 5.36. The van der Waals surface area contributed by atoms with Crippen molar-refractivity contribution in [3.8, 4) is 5.75 Å². The topological polar surface area (TPSA) is 58.6 Å². The maximum atomic E-state index is 12.9. The van der Waals surface area contributed by atoms with Gasteiger partial charge in [0.25, 0.3) is 0 Å². The lowest BCUT2D eigenvalue weighted by Gasteiger charge is -2.28. The van der Waals surface area contributed by atoms with E-state index in [-0.39, 0.29) is 29.1 Å². The van der Waals surface area contributed by atoms with Crippen molar-refractivity contribution in [2.45, 2.75) is 37.3 Å². The maximum absolute atomic E-state index is 12.9. The molecule has 0 saturated carbocycles. The van der Waals surface area contributed by atoms with Gasteiger partial charge < -0.3 is 10.1 Å². The number of hydrogen-bond acceptors (Lipinski definition) is 4. The van der Waals surface area contributed by atoms with Gasteiger partial charge in [0.05, 0.1) is 0 Å². The third kappa shape index (κ3) is 4.76. The first-order chi connectivity index (χ1) is 10.5. The molecule has 1 atom stereocenters. The number of halogens is 3. The van der Waals surface area contributed by atoms with Gasteiger partial charge in [-0.1, -0.05) is 19.1 Å². The van der Waals surface area contributed by atoms with Crippen LogP contribution in [0.2, 0.25) is 0 Å². The van der Waals surface area contributed by atoms with Crippen LogP contribution in [0, 0.1) is 0 Å². The molecule has 23 heavy (non-hydrogen) atoms. The minimum absolute atomic E-state index is 0. The molecule has 1 aliphatic heterocycles. The van der Waals surface area contributed by atoms with Crippen LogP contribution in [0.1, 0.15) is 19.8 Å². The number of rotatable bonds is 7. The highest BCUT2D eigenvalue weighted by atomic mass is 35.5. The average molecular weight is 371 g/mol. The summed E-state index contributed by atoms with van der Waals surface area (Å²) < 4.78 is 56.5. The van der Waals surface area contributed by atoms with Crippen LogP contribution in [0.3, 0.4) is 0 Å². The summed E-state index contributed by atoms with van der Waals surface area (Å²) in [6.45, 7) is 0.473. The van der Waals surface area contributed by atoms with E-state index in [4.69, 9.17) is 0 Å². The Morgan fingerprint density at radius 2 is 2.09 bits per heavy atom. The monoisotopic (exact) mass is 370 g/mol. The molecule has 0 aromatic heterocycles. The van der Waals surface area contributed by atoms with Crippen LogP contribution in [-0.4, -0.2) is 45.0 Å². The van der Waals surface area contributed by atoms with Gasteiger partial charge in [-0.05, 0) is 31.5 Å². The summed E-state index contributed by atoms with van der Waals surface area (Å²) in [5.41, 5.74) is 0. The van der Waals surface area contributed by atoms with E-state index in [0.717, 1.165) is 6.54 Å². The smallest absolute Gasteiger partial charge is 0.387 e. The van der Waals surface area contributed by atoms with Gasteiger partial charge in [-0.25, -0.2) is 8.42 Å². The van der Waals surface area contributed by atoms with E-state index in [1.165, 1.54) is 28.6 Å². The molecule has 1 aliphatic rings. The largest absolute Gasteiger partial charge is 0.433 e. The lowest BCUT2D eigenvalue weighted by molar-refractivity contribution is -0.0518. The molecular weight excluding hydrogens is 350 g/mol. The normalized spacial score (nSPS) is 18.2. The van der Waals surface area contributed by atoms with Crippen molar-refractivity contribution in [2.24, 2.45) is 0 Å². The fourth-order valence-electron chi connectivity index (χ4n) is 2.59. The molecule has 5 nitrogen and oxygen atoms in total. The van der Waals surface area contributed by atoms with Crippen molar-refractivity contribution in [2.75, 3.05) is 19.6 Å². The standard InChI is InChI=1S/C14H20F2N2O3S.ClH/c1-2-9-18(11-7-8-17-10-11)22(19,20)13-6-4-3-5-12(13)21-14(15)16;/h3-6,11,14,17H,2,7-10H2,1H3;1H. The van der Waals surface area contributed by atoms with Gasteiger partial charge in [-0.3, -0.25) is 0 Å². The third-order valence-electron chi connectivity index (χ3n) is 3.54. The predicted molar refractivity (Wildman–Crippen MR) is 85.8 cm³/mol. The quantitative estimate of drug-likeness (QED) is 0.801. The van der Waals surface area contributed by atoms with Crippen molar-refractivity contribution in [1.29, 1.82) is 0 Å². The van der Waals surface area contributed by atoms with Crippen LogP contribution in [-0.2, 0) is 10.0 Å². The zero-order chi connectivity index (χ0) is 16.2. The SMILES string of the molecule is CCCN(C1CCNC1)S(=O)(=O)c1ccccc1OC(F)F.Cl. The van der Waals surface area contributed by atoms with E-state index in [1.54, 1.807) is 0 Å². The Kier molecular flexibility index (Phi) is 7.66. The Morgan fingerprint density at radius 1 is 1.39 bits per heavy atom. The van der Waals surface area contributed by atoms with Gasteiger partial charge in [0.1, 0.15) is 10.6 Å². The van der Waals surface area contributed by atoms with Crippen LogP contribution in [0.5, 0.6) is 5.75 Å². The number of sulfonamides is 1. The average Bonchev–Trinajstić information content (AvgIpc) is 2.98. The number of nitrogens with zero attached hydrogens (tertiary/aromatic N) is 1. The van der Waals surface area contributed by atoms with Crippen molar-refractivity contribution < 1.29 is 21.9 Å². The second-order valence-corrected chi connectivity index (χ2v) is 6.95. The van der Waals surface area contributed by atoms with Gasteiger partial charge in [-0.15, -0.1) is 12.4 Å². The summed E-state index contributed by atoms with van der Waals surface area (Å²) in [5, 5.41) is 3.12. The van der Waals surface area contributed by atoms with E-state index in [9.17, 15) is 17.2 Å². The number of hydrogen-bond donors (Lipinski definition) is 1. The van der Waals surface area contributed by atoms with Crippen LogP contribution in [0.15, 0.2) is 29.2 Å². The van der Waals surface area contributed by atoms with E-state index in [0.29, 0.717) is 25.9 Å². The van der Waals surface area contributed by atoms with Crippen LogP contribution in [0.4, 0.5) is 8.78 Å². The molecule has 9 heteroatoms. The van der Waals surface area contributed by atoms with Gasteiger partial charge >= 0.3 is 6.61 Å². The molecule has 1 unspecified atom stereocenters. The summed E-state index contributed by atoms with van der Waals surface area (Å²) in [6.07, 6.45) is 1.35. The summed E-state index contributed by atoms with van der Waals surface area (Å²) in [7, 11) is -3.89. The minimum Gasteiger partial charge on any atom is -0.433 e. The molecule has 0 amide bonds. The molecule has 1 heterocycles. The Morgan fingerprint density at radius 3 is 2.65 bits per heavy atom. The zero-order valence-corrected chi connectivity index (χ0v) is 14.4. The van der Waals surface area contributed by atoms with E-state index < -0.39 is 16.6 Å². The first kappa shape index (κ1) is 20.1. The first-order valence-corrected chi connectivity index (χ1v) is 8.67. The molecule has 0 radical (unpaired) electrons. The predicted octanol–water partition coefficient (Wildman–Crippen LogP) is 2.47. The molecule has 1 aromatic rings. The van der Waals surface area contributed by atoms with Crippen LogP contribution < -0.4 is 10.1 Å². The summed E-state index contributed by atoms with van der Waals surface area (Å²) in [5.74, 6) is -0.315. The molecule has 2 rings (SSSR count). The molecular formula is C14H21ClF2N2O3S. The van der Waals surface area contributed by atoms with Crippen molar-refractivity contribution in [3.05, 3.63) is 24.3 Å². The van der Waals surface area contributed by atoms with Gasteiger partial charge in [0.15, 0.2) is 0 Å². The number of nitrogens with one attached hydrogen (secondary N) is 1. The van der Waals surface area contributed by atoms with E-state index in [1.807, 2.05) is 6.92 Å². The Hall–Kier alpha value is -0.960. The number of benzene rings is 1. The lowest BCUT2D eigenvalue weighted by atomic mass is 10.2. The van der Waals surface area contributed by atoms with Gasteiger partial charge in [0.2, 0.25) is 10.0 Å². The molecule has 1 N–H and O–H groups in total. The fourth-order valence-corrected chi connectivity index (χ4v) is 4.46. The molecule has 1 saturated heterocycles. The fraction of sp³-hybridized carbons (Fsp3) is 0.571. The number of alkyl halides is 2. The highest BCUT2D eigenvalue weighted by Gasteiger charge is 2.34. The summed E-state index contributed by atoms with van der Waals surface area (Å²) in [4.78, 5) is -0.212. The van der Waals surface area contributed by atoms with Crippen LogP contribution >= 0.6 is 12.4 Å². The lowest BCUT2D eigenvalue weighted by Crippen LogP contribution is -2.42. The molecule has 0 bridgehead atoms. The molecule has 1 aromatic carbocycles. The van der Waals surface area contributed by atoms with Crippen molar-refractivity contribution in [3.63, 3.8) is 0 Å². The Bertz CT molecular complexity index is 595. The third-order valence-corrected chi connectivity index (χ3v) is 5.53. The van der Waals surface area contributed by atoms with E-state index in [2.05, 4.69) is 10.1 Å². The number of para-hydroxylation sites is 1. The second kappa shape index (κ2) is 8.77. The Balaban J connectivity index is 0.00000264. The van der Waals surface area contributed by atoms with Crippen molar-refractivity contribution in [1.82, 2.24) is 9.62 Å². The van der Waals surface area contributed by atoms with Gasteiger partial charge in [0, 0.05) is 19.1 Å². The first-order valence-electron chi connectivity index (χ1n) is 7.23. The Labute approximate surface area is 141 Å². The molecule has 0 aliphatic carbocycles. The number of ether oxygens (including phenoxy) is 1. The maximum Gasteiger partial charge on any atom is 0.387 e. The van der Waals surface area contributed by atoms with E-state index >= 15 is 0 Å². The van der Waals surface area contributed by atoms with Crippen LogP contribution in [0.25, 0.3) is 0 Å².